The molecular weight excluding hydrogens is 424 g/mol. The first-order chi connectivity index (χ1) is 17.1. The minimum atomic E-state index is -0.125. The van der Waals surface area contributed by atoms with Crippen LogP contribution < -0.4 is 15.3 Å². The van der Waals surface area contributed by atoms with Crippen molar-refractivity contribution in [3.8, 4) is 0 Å². The number of fused-ring (bicyclic) bond motifs is 3. The van der Waals surface area contributed by atoms with Crippen molar-refractivity contribution in [1.82, 2.24) is 0 Å². The number of rotatable bonds is 3. The van der Waals surface area contributed by atoms with E-state index in [-0.39, 0.29) is 5.41 Å². The quantitative estimate of drug-likeness (QED) is 0.294. The molecule has 1 aliphatic carbocycles. The molecule has 0 saturated carbocycles. The van der Waals surface area contributed by atoms with Crippen molar-refractivity contribution in [3.05, 3.63) is 143 Å². The lowest BCUT2D eigenvalue weighted by Crippen LogP contribution is -2.38. The zero-order valence-corrected chi connectivity index (χ0v) is 20.6. The Labute approximate surface area is 208 Å². The fourth-order valence-corrected chi connectivity index (χ4v) is 5.14. The van der Waals surface area contributed by atoms with Crippen LogP contribution >= 0.6 is 0 Å². The number of benzene rings is 2. The number of allylic oxidation sites excluding steroid dienone is 10. The van der Waals surface area contributed by atoms with E-state index in [0.717, 1.165) is 17.2 Å². The van der Waals surface area contributed by atoms with Crippen molar-refractivity contribution in [2.24, 2.45) is 4.99 Å². The molecule has 172 valence electrons. The molecular formula is C33H30N2. The van der Waals surface area contributed by atoms with Crippen molar-refractivity contribution >= 4 is 29.2 Å². The van der Waals surface area contributed by atoms with Crippen LogP contribution in [-0.4, -0.2) is 5.84 Å². The van der Waals surface area contributed by atoms with Gasteiger partial charge < -0.3 is 0 Å². The van der Waals surface area contributed by atoms with Crippen LogP contribution in [0.3, 0.4) is 0 Å². The predicted octanol–water partition coefficient (Wildman–Crippen LogP) is 6.50. The van der Waals surface area contributed by atoms with Gasteiger partial charge in [0.2, 0.25) is 0 Å². The summed E-state index contributed by atoms with van der Waals surface area (Å²) in [5.74, 6) is 0.808. The van der Waals surface area contributed by atoms with Gasteiger partial charge in [-0.2, -0.15) is 0 Å². The third kappa shape index (κ3) is 3.91. The lowest BCUT2D eigenvalue weighted by atomic mass is 9.80. The number of hydrogen-bond acceptors (Lipinski definition) is 1. The average Bonchev–Trinajstić information content (AvgIpc) is 3.04. The molecule has 0 N–H and O–H groups in total. The highest BCUT2D eigenvalue weighted by Gasteiger charge is 2.37. The second kappa shape index (κ2) is 9.23. The highest BCUT2D eigenvalue weighted by Crippen LogP contribution is 2.48. The number of anilines is 1. The summed E-state index contributed by atoms with van der Waals surface area (Å²) in [7, 11) is 0. The van der Waals surface area contributed by atoms with Gasteiger partial charge in [0.15, 0.2) is 0 Å². The van der Waals surface area contributed by atoms with Crippen molar-refractivity contribution in [3.63, 3.8) is 0 Å². The second-order valence-corrected chi connectivity index (χ2v) is 9.29. The minimum absolute atomic E-state index is 0.125. The number of amidine groups is 1. The van der Waals surface area contributed by atoms with E-state index in [1.54, 1.807) is 6.20 Å². The Bertz CT molecular complexity index is 1530. The standard InChI is InChI=1S/C33H30N2/c1-5-7-9-21-32(34-6-2)35-25-17-11-8-10-15-24-16-14-20-31(35)27(24)23-28-26-18-12-13-19-29(26)33(3,4)30(28)22-25/h5-23H,2H2,1,3-4H3/b7-5+,10-8-,11-8?,15-10?,17-11+,21-9+,24-15-,25-17?,25-22?,27-23-,28-23?,30-22?,34-32?. The number of hydrogen-bond donors (Lipinski definition) is 0. The van der Waals surface area contributed by atoms with Gasteiger partial charge in [0.25, 0.3) is 0 Å². The Morgan fingerprint density at radius 1 is 0.971 bits per heavy atom. The molecule has 4 bridgehead atoms. The third-order valence-corrected chi connectivity index (χ3v) is 6.82. The van der Waals surface area contributed by atoms with Crippen LogP contribution in [0.2, 0.25) is 0 Å². The molecule has 2 aliphatic heterocycles. The first kappa shape index (κ1) is 22.6. The molecule has 0 amide bonds. The molecule has 0 radical (unpaired) electrons. The average molecular weight is 455 g/mol. The van der Waals surface area contributed by atoms with Crippen molar-refractivity contribution in [2.45, 2.75) is 26.2 Å². The lowest BCUT2D eigenvalue weighted by Gasteiger charge is -2.30. The van der Waals surface area contributed by atoms with Gasteiger partial charge in [-0.25, -0.2) is 4.99 Å². The van der Waals surface area contributed by atoms with Crippen LogP contribution in [0, 0.1) is 0 Å². The summed E-state index contributed by atoms with van der Waals surface area (Å²) in [6.45, 7) is 10.6. The fraction of sp³-hybridized carbons (Fsp3) is 0.121. The maximum Gasteiger partial charge on any atom is 0.137 e. The van der Waals surface area contributed by atoms with Gasteiger partial charge in [-0.15, -0.1) is 0 Å². The largest absolute Gasteiger partial charge is 0.294 e. The highest BCUT2D eigenvalue weighted by molar-refractivity contribution is 6.10. The molecule has 2 aromatic rings. The predicted molar refractivity (Wildman–Crippen MR) is 151 cm³/mol. The minimum Gasteiger partial charge on any atom is -0.294 e. The van der Waals surface area contributed by atoms with Crippen LogP contribution in [0.15, 0.2) is 126 Å². The first-order valence-electron chi connectivity index (χ1n) is 12.1. The molecule has 5 rings (SSSR count). The Kier molecular flexibility index (Phi) is 5.96. The highest BCUT2D eigenvalue weighted by atomic mass is 15.2. The molecule has 2 aromatic carbocycles. The molecule has 0 unspecified atom stereocenters. The Morgan fingerprint density at radius 3 is 2.66 bits per heavy atom. The van der Waals surface area contributed by atoms with E-state index < -0.39 is 0 Å². The Balaban J connectivity index is 1.93. The molecule has 0 saturated heterocycles. The van der Waals surface area contributed by atoms with E-state index in [2.05, 4.69) is 110 Å². The van der Waals surface area contributed by atoms with Gasteiger partial charge in [0, 0.05) is 22.5 Å². The summed E-state index contributed by atoms with van der Waals surface area (Å²) in [5, 5.41) is 2.35. The maximum atomic E-state index is 4.71. The van der Waals surface area contributed by atoms with Crippen molar-refractivity contribution in [2.75, 3.05) is 4.90 Å². The van der Waals surface area contributed by atoms with Gasteiger partial charge in [-0.1, -0.05) is 99.4 Å². The molecule has 35 heavy (non-hydrogen) atoms. The monoisotopic (exact) mass is 454 g/mol. The van der Waals surface area contributed by atoms with E-state index in [9.17, 15) is 0 Å². The summed E-state index contributed by atoms with van der Waals surface area (Å²) in [6, 6.07) is 15.3. The van der Waals surface area contributed by atoms with Gasteiger partial charge in [-0.05, 0) is 64.8 Å². The first-order valence-corrected chi connectivity index (χ1v) is 12.1. The SMILES string of the molecule is C=CN=C(/C=C/C=C/C)N1C2=CC3=C(\C=c4/c1ccc/c4=C/C=C\C=C\2)c1ccccc1C3(C)C. The molecule has 2 nitrogen and oxygen atoms in total. The smallest absolute Gasteiger partial charge is 0.137 e. The maximum absolute atomic E-state index is 4.71. The van der Waals surface area contributed by atoms with Crippen LogP contribution in [0.25, 0.3) is 17.7 Å². The molecule has 3 aliphatic rings. The second-order valence-electron chi connectivity index (χ2n) is 9.29. The van der Waals surface area contributed by atoms with Crippen LogP contribution in [0.4, 0.5) is 5.69 Å². The Hall–Kier alpha value is -4.17. The zero-order chi connectivity index (χ0) is 24.4. The summed E-state index contributed by atoms with van der Waals surface area (Å²) >= 11 is 0. The lowest BCUT2D eigenvalue weighted by molar-refractivity contribution is 0.653. The van der Waals surface area contributed by atoms with E-state index in [1.165, 1.54) is 32.7 Å². The van der Waals surface area contributed by atoms with Gasteiger partial charge in [0.05, 0.1) is 5.69 Å². The fourth-order valence-electron chi connectivity index (χ4n) is 5.14. The van der Waals surface area contributed by atoms with E-state index in [1.807, 2.05) is 31.2 Å². The summed E-state index contributed by atoms with van der Waals surface area (Å²) in [5.41, 5.74) is 7.28. The molecule has 0 atom stereocenters. The summed E-state index contributed by atoms with van der Waals surface area (Å²) in [4.78, 5) is 6.95. The van der Waals surface area contributed by atoms with Crippen LogP contribution in [0.5, 0.6) is 0 Å². The van der Waals surface area contributed by atoms with Crippen LogP contribution in [0.1, 0.15) is 31.9 Å². The number of aliphatic imine (C=N–C) groups is 1. The number of nitrogens with zero attached hydrogens (tertiary/aromatic N) is 2. The van der Waals surface area contributed by atoms with Gasteiger partial charge in [-0.3, -0.25) is 4.90 Å². The topological polar surface area (TPSA) is 15.6 Å². The molecule has 2 heteroatoms. The molecule has 0 aromatic heterocycles. The Morgan fingerprint density at radius 2 is 1.83 bits per heavy atom. The van der Waals surface area contributed by atoms with E-state index in [4.69, 9.17) is 4.99 Å². The zero-order valence-electron chi connectivity index (χ0n) is 20.6. The van der Waals surface area contributed by atoms with Gasteiger partial charge in [0.1, 0.15) is 5.84 Å². The normalized spacial score (nSPS) is 21.9. The van der Waals surface area contributed by atoms with Crippen LogP contribution in [-0.2, 0) is 5.41 Å². The third-order valence-electron chi connectivity index (χ3n) is 6.82. The summed E-state index contributed by atoms with van der Waals surface area (Å²) < 4.78 is 0. The van der Waals surface area contributed by atoms with Crippen molar-refractivity contribution in [1.29, 1.82) is 0 Å². The molecule has 2 heterocycles. The van der Waals surface area contributed by atoms with Gasteiger partial charge >= 0.3 is 0 Å². The molecule has 0 spiro atoms. The summed E-state index contributed by atoms with van der Waals surface area (Å²) in [6.07, 6.45) is 25.0. The molecule has 0 fully saturated rings. The van der Waals surface area contributed by atoms with Crippen molar-refractivity contribution < 1.29 is 0 Å². The van der Waals surface area contributed by atoms with E-state index >= 15 is 0 Å². The van der Waals surface area contributed by atoms with E-state index in [0.29, 0.717) is 0 Å².